The zero-order chi connectivity index (χ0) is 29.3. The predicted octanol–water partition coefficient (Wildman–Crippen LogP) is 4.78. The fourth-order valence-corrected chi connectivity index (χ4v) is 5.81. The molecular weight excluding hydrogens is 526 g/mol. The number of amides is 2. The SMILES string of the molecule is CCc1ccc(N(CC(=O)N(Cc2ccc(OC)cc2)[C@H](CC)C(=O)NC(C)C)S(=O)(=O)c2ccccc2)cc1. The first-order valence-electron chi connectivity index (χ1n) is 13.5. The highest BCUT2D eigenvalue weighted by Crippen LogP contribution is 2.25. The second-order valence-corrected chi connectivity index (χ2v) is 11.7. The van der Waals surface area contributed by atoms with Crippen LogP contribution in [0.15, 0.2) is 83.8 Å². The fraction of sp³-hybridized carbons (Fsp3) is 0.355. The maximum atomic E-state index is 14.1. The van der Waals surface area contributed by atoms with Gasteiger partial charge in [-0.3, -0.25) is 13.9 Å². The highest BCUT2D eigenvalue weighted by Gasteiger charge is 2.33. The van der Waals surface area contributed by atoms with E-state index in [0.29, 0.717) is 17.9 Å². The summed E-state index contributed by atoms with van der Waals surface area (Å²) in [5.74, 6) is -0.105. The van der Waals surface area contributed by atoms with Crippen LogP contribution in [0.5, 0.6) is 5.75 Å². The molecule has 3 aromatic carbocycles. The van der Waals surface area contributed by atoms with Gasteiger partial charge >= 0.3 is 0 Å². The number of hydrogen-bond acceptors (Lipinski definition) is 5. The third-order valence-corrected chi connectivity index (χ3v) is 8.36. The summed E-state index contributed by atoms with van der Waals surface area (Å²) >= 11 is 0. The van der Waals surface area contributed by atoms with Gasteiger partial charge in [0.1, 0.15) is 18.3 Å². The van der Waals surface area contributed by atoms with Crippen molar-refractivity contribution >= 4 is 27.5 Å². The van der Waals surface area contributed by atoms with Crippen molar-refractivity contribution in [3.05, 3.63) is 90.0 Å². The first-order valence-corrected chi connectivity index (χ1v) is 14.9. The van der Waals surface area contributed by atoms with Gasteiger partial charge in [0, 0.05) is 12.6 Å². The van der Waals surface area contributed by atoms with Crippen molar-refractivity contribution in [3.63, 3.8) is 0 Å². The van der Waals surface area contributed by atoms with E-state index in [1.165, 1.54) is 17.0 Å². The summed E-state index contributed by atoms with van der Waals surface area (Å²) in [5.41, 5.74) is 2.21. The molecule has 0 fully saturated rings. The van der Waals surface area contributed by atoms with Crippen molar-refractivity contribution in [2.45, 2.75) is 64.1 Å². The molecule has 0 saturated carbocycles. The van der Waals surface area contributed by atoms with E-state index in [-0.39, 0.29) is 23.4 Å². The number of rotatable bonds is 13. The van der Waals surface area contributed by atoms with Crippen LogP contribution in [0.3, 0.4) is 0 Å². The molecule has 0 bridgehead atoms. The van der Waals surface area contributed by atoms with Gasteiger partial charge in [0.2, 0.25) is 11.8 Å². The van der Waals surface area contributed by atoms with E-state index in [1.54, 1.807) is 49.6 Å². The molecular formula is C31H39N3O5S. The molecule has 214 valence electrons. The predicted molar refractivity (Wildman–Crippen MR) is 158 cm³/mol. The molecule has 0 aliphatic heterocycles. The number of carbonyl (C=O) groups is 2. The Morgan fingerprint density at radius 1 is 0.875 bits per heavy atom. The number of nitrogens with one attached hydrogen (secondary N) is 1. The summed E-state index contributed by atoms with van der Waals surface area (Å²) < 4.78 is 34.1. The largest absolute Gasteiger partial charge is 0.497 e. The molecule has 0 unspecified atom stereocenters. The van der Waals surface area contributed by atoms with Crippen LogP contribution in [0, 0.1) is 0 Å². The average Bonchev–Trinajstić information content (AvgIpc) is 2.96. The summed E-state index contributed by atoms with van der Waals surface area (Å²) in [6.45, 7) is 7.22. The lowest BCUT2D eigenvalue weighted by Gasteiger charge is -2.33. The van der Waals surface area contributed by atoms with Gasteiger partial charge in [0.25, 0.3) is 10.0 Å². The van der Waals surface area contributed by atoms with Gasteiger partial charge in [-0.2, -0.15) is 0 Å². The molecule has 40 heavy (non-hydrogen) atoms. The molecule has 0 saturated heterocycles. The molecule has 0 aliphatic rings. The Balaban J connectivity index is 2.04. The number of nitrogens with zero attached hydrogens (tertiary/aromatic N) is 2. The lowest BCUT2D eigenvalue weighted by molar-refractivity contribution is -0.140. The van der Waals surface area contributed by atoms with E-state index in [1.807, 2.05) is 52.0 Å². The molecule has 1 N–H and O–H groups in total. The number of methoxy groups -OCH3 is 1. The Kier molecular flexibility index (Phi) is 10.7. The number of sulfonamides is 1. The van der Waals surface area contributed by atoms with Crippen LogP contribution in [0.1, 0.15) is 45.2 Å². The van der Waals surface area contributed by atoms with Gasteiger partial charge in [-0.15, -0.1) is 0 Å². The van der Waals surface area contributed by atoms with Crippen LogP contribution < -0.4 is 14.4 Å². The van der Waals surface area contributed by atoms with Gasteiger partial charge in [0.05, 0.1) is 17.7 Å². The van der Waals surface area contributed by atoms with Crippen molar-refractivity contribution in [3.8, 4) is 5.75 Å². The Hall–Kier alpha value is -3.85. The minimum Gasteiger partial charge on any atom is -0.497 e. The van der Waals surface area contributed by atoms with Crippen LogP contribution in [0.4, 0.5) is 5.69 Å². The van der Waals surface area contributed by atoms with Crippen LogP contribution >= 0.6 is 0 Å². The Labute approximate surface area is 238 Å². The smallest absolute Gasteiger partial charge is 0.264 e. The topological polar surface area (TPSA) is 96.0 Å². The van der Waals surface area contributed by atoms with E-state index < -0.39 is 28.5 Å². The molecule has 0 heterocycles. The Morgan fingerprint density at radius 3 is 2.00 bits per heavy atom. The second kappa shape index (κ2) is 14.0. The lowest BCUT2D eigenvalue weighted by Crippen LogP contribution is -2.53. The quantitative estimate of drug-likeness (QED) is 0.322. The first-order chi connectivity index (χ1) is 19.1. The zero-order valence-corrected chi connectivity index (χ0v) is 24.6. The van der Waals surface area contributed by atoms with E-state index in [2.05, 4.69) is 5.32 Å². The molecule has 3 aromatic rings. The molecule has 2 amide bonds. The maximum Gasteiger partial charge on any atom is 0.264 e. The Bertz CT molecular complexity index is 1360. The summed E-state index contributed by atoms with van der Waals surface area (Å²) in [4.78, 5) is 28.8. The highest BCUT2D eigenvalue weighted by molar-refractivity contribution is 7.92. The summed E-state index contributed by atoms with van der Waals surface area (Å²) in [7, 11) is -2.51. The van der Waals surface area contributed by atoms with Crippen molar-refractivity contribution in [2.75, 3.05) is 18.0 Å². The summed E-state index contributed by atoms with van der Waals surface area (Å²) in [5, 5.41) is 2.90. The lowest BCUT2D eigenvalue weighted by atomic mass is 10.1. The first kappa shape index (κ1) is 30.7. The second-order valence-electron chi connectivity index (χ2n) is 9.80. The van der Waals surface area contributed by atoms with Crippen LogP contribution in [-0.4, -0.2) is 50.9 Å². The molecule has 3 rings (SSSR count). The molecule has 0 aromatic heterocycles. The van der Waals surface area contributed by atoms with E-state index in [4.69, 9.17) is 4.74 Å². The zero-order valence-electron chi connectivity index (χ0n) is 23.8. The monoisotopic (exact) mass is 565 g/mol. The highest BCUT2D eigenvalue weighted by atomic mass is 32.2. The van der Waals surface area contributed by atoms with Crippen LogP contribution in [0.25, 0.3) is 0 Å². The maximum absolute atomic E-state index is 14.1. The number of ether oxygens (including phenoxy) is 1. The number of anilines is 1. The average molecular weight is 566 g/mol. The Morgan fingerprint density at radius 2 is 1.48 bits per heavy atom. The van der Waals surface area contributed by atoms with Gasteiger partial charge in [-0.05, 0) is 74.2 Å². The van der Waals surface area contributed by atoms with Crippen molar-refractivity contribution in [2.24, 2.45) is 0 Å². The van der Waals surface area contributed by atoms with Gasteiger partial charge in [-0.1, -0.05) is 56.3 Å². The number of hydrogen-bond donors (Lipinski definition) is 1. The normalized spacial score (nSPS) is 12.1. The van der Waals surface area contributed by atoms with Crippen molar-refractivity contribution < 1.29 is 22.7 Å². The minimum absolute atomic E-state index is 0.0775. The molecule has 0 aliphatic carbocycles. The van der Waals surface area contributed by atoms with E-state index >= 15 is 0 Å². The van der Waals surface area contributed by atoms with Crippen molar-refractivity contribution in [1.82, 2.24) is 10.2 Å². The summed E-state index contributed by atoms with van der Waals surface area (Å²) in [6, 6.07) is 21.5. The third kappa shape index (κ3) is 7.63. The standard InChI is InChI=1S/C31H39N3O5S/c1-6-24-13-17-26(18-14-24)34(40(37,38)28-11-9-8-10-12-28)22-30(35)33(29(7-2)31(36)32-23(3)4)21-25-15-19-27(39-5)20-16-25/h8-20,23,29H,6-7,21-22H2,1-5H3,(H,32,36)/t29-/m1/s1. The molecule has 0 spiro atoms. The number of carbonyl (C=O) groups excluding carboxylic acids is 2. The van der Waals surface area contributed by atoms with Crippen LogP contribution in [-0.2, 0) is 32.6 Å². The molecule has 0 radical (unpaired) electrons. The fourth-order valence-electron chi connectivity index (χ4n) is 4.37. The summed E-state index contributed by atoms with van der Waals surface area (Å²) in [6.07, 6.45) is 1.15. The molecule has 1 atom stereocenters. The van der Waals surface area contributed by atoms with Crippen molar-refractivity contribution in [1.29, 1.82) is 0 Å². The molecule has 8 nitrogen and oxygen atoms in total. The number of benzene rings is 3. The molecule has 9 heteroatoms. The van der Waals surface area contributed by atoms with Gasteiger partial charge in [0.15, 0.2) is 0 Å². The van der Waals surface area contributed by atoms with Gasteiger partial charge < -0.3 is 15.0 Å². The number of aryl methyl sites for hydroxylation is 1. The minimum atomic E-state index is -4.09. The third-order valence-electron chi connectivity index (χ3n) is 6.57. The van der Waals surface area contributed by atoms with Gasteiger partial charge in [-0.25, -0.2) is 8.42 Å². The van der Waals surface area contributed by atoms with E-state index in [9.17, 15) is 18.0 Å². The van der Waals surface area contributed by atoms with E-state index in [0.717, 1.165) is 21.9 Å². The van der Waals surface area contributed by atoms with Crippen LogP contribution in [0.2, 0.25) is 0 Å².